The topological polar surface area (TPSA) is 32.0 Å². The van der Waals surface area contributed by atoms with E-state index in [1.165, 1.54) is 0 Å². The first-order valence-electron chi connectivity index (χ1n) is 5.63. The summed E-state index contributed by atoms with van der Waals surface area (Å²) in [7, 11) is 0. The number of benzene rings is 1. The predicted molar refractivity (Wildman–Crippen MR) is 62.3 cm³/mol. The largest absolute Gasteiger partial charge is 0.366 e. The van der Waals surface area contributed by atoms with Gasteiger partial charge in [-0.25, -0.2) is 6.57 Å². The maximum atomic E-state index is 6.65. The molecule has 0 aromatic heterocycles. The minimum absolute atomic E-state index is 0.0586. The molecule has 0 amide bonds. The highest BCUT2D eigenvalue weighted by Crippen LogP contribution is 2.23. The molecular formula is C13H15NO3. The van der Waals surface area contributed by atoms with Crippen LogP contribution in [0, 0.1) is 6.57 Å². The Labute approximate surface area is 101 Å². The summed E-state index contributed by atoms with van der Waals surface area (Å²) < 4.78 is 16.6. The van der Waals surface area contributed by atoms with E-state index < -0.39 is 0 Å². The van der Waals surface area contributed by atoms with Crippen molar-refractivity contribution in [1.29, 1.82) is 0 Å². The minimum atomic E-state index is -0.295. The summed E-state index contributed by atoms with van der Waals surface area (Å²) >= 11 is 0. The molecule has 1 aromatic carbocycles. The summed E-state index contributed by atoms with van der Waals surface area (Å²) in [5, 5.41) is 0. The van der Waals surface area contributed by atoms with Crippen LogP contribution < -0.4 is 0 Å². The maximum Gasteiger partial charge on any atom is 0.237 e. The number of hydrogen-bond donors (Lipinski definition) is 0. The second-order valence-corrected chi connectivity index (χ2v) is 3.78. The van der Waals surface area contributed by atoms with E-state index in [-0.39, 0.29) is 12.4 Å². The second kappa shape index (κ2) is 6.36. The average molecular weight is 233 g/mol. The van der Waals surface area contributed by atoms with Gasteiger partial charge in [-0.15, -0.1) is 0 Å². The van der Waals surface area contributed by atoms with Gasteiger partial charge in [0, 0.05) is 5.56 Å². The summed E-state index contributed by atoms with van der Waals surface area (Å²) in [6.45, 7) is 8.50. The normalized spacial score (nSPS) is 24.2. The summed E-state index contributed by atoms with van der Waals surface area (Å²) in [5.41, 5.74) is 1.02. The van der Waals surface area contributed by atoms with E-state index in [4.69, 9.17) is 20.8 Å². The monoisotopic (exact) mass is 233 g/mol. The number of rotatable bonds is 4. The van der Waals surface area contributed by atoms with Crippen LogP contribution in [0.2, 0.25) is 0 Å². The number of hydrogen-bond acceptors (Lipinski definition) is 3. The molecule has 1 heterocycles. The Bertz CT molecular complexity index is 366. The van der Waals surface area contributed by atoms with Crippen LogP contribution in [0.1, 0.15) is 11.9 Å². The lowest BCUT2D eigenvalue weighted by molar-refractivity contribution is -0.229. The smallest absolute Gasteiger partial charge is 0.237 e. The molecule has 4 nitrogen and oxygen atoms in total. The van der Waals surface area contributed by atoms with Crippen LogP contribution in [-0.2, 0) is 14.2 Å². The molecule has 0 aliphatic carbocycles. The third-order valence-electron chi connectivity index (χ3n) is 2.50. The van der Waals surface area contributed by atoms with Gasteiger partial charge in [-0.3, -0.25) is 0 Å². The Kier molecular flexibility index (Phi) is 4.51. The standard InChI is InChI=1S/C13H15NO3/c1-14-7-8-15-12-9-16-13(17-10-12)11-5-3-2-4-6-11/h2-6,12-13H,7-10H2. The van der Waals surface area contributed by atoms with Crippen LogP contribution in [-0.4, -0.2) is 32.5 Å². The molecule has 0 N–H and O–H groups in total. The SMILES string of the molecule is [C-]#[N+]CCOC1COC(c2ccccc2)OC1. The van der Waals surface area contributed by atoms with Gasteiger partial charge >= 0.3 is 0 Å². The molecule has 90 valence electrons. The van der Waals surface area contributed by atoms with E-state index in [2.05, 4.69) is 4.85 Å². The molecule has 1 saturated heterocycles. The van der Waals surface area contributed by atoms with E-state index in [0.29, 0.717) is 26.4 Å². The molecule has 1 fully saturated rings. The zero-order valence-electron chi connectivity index (χ0n) is 9.54. The van der Waals surface area contributed by atoms with Crippen molar-refractivity contribution in [2.24, 2.45) is 0 Å². The van der Waals surface area contributed by atoms with Crippen LogP contribution in [0.4, 0.5) is 0 Å². The zero-order chi connectivity index (χ0) is 11.9. The minimum Gasteiger partial charge on any atom is -0.366 e. The van der Waals surface area contributed by atoms with E-state index in [1.54, 1.807) is 0 Å². The van der Waals surface area contributed by atoms with Gasteiger partial charge in [0.1, 0.15) is 12.7 Å². The van der Waals surface area contributed by atoms with Crippen LogP contribution in [0.3, 0.4) is 0 Å². The fraction of sp³-hybridized carbons (Fsp3) is 0.462. The van der Waals surface area contributed by atoms with Crippen molar-refractivity contribution < 1.29 is 14.2 Å². The molecule has 1 aliphatic rings. The van der Waals surface area contributed by atoms with E-state index in [1.807, 2.05) is 30.3 Å². The molecule has 1 aromatic rings. The second-order valence-electron chi connectivity index (χ2n) is 3.78. The van der Waals surface area contributed by atoms with Gasteiger partial charge in [-0.05, 0) is 0 Å². The molecular weight excluding hydrogens is 218 g/mol. The molecule has 0 spiro atoms. The molecule has 4 heteroatoms. The average Bonchev–Trinajstić information content (AvgIpc) is 2.41. The van der Waals surface area contributed by atoms with Gasteiger partial charge in [0.15, 0.2) is 6.29 Å². The zero-order valence-corrected chi connectivity index (χ0v) is 9.54. The van der Waals surface area contributed by atoms with Gasteiger partial charge in [-0.2, -0.15) is 0 Å². The molecule has 2 rings (SSSR count). The summed E-state index contributed by atoms with van der Waals surface area (Å²) in [6.07, 6.45) is -0.353. The lowest BCUT2D eigenvalue weighted by Crippen LogP contribution is -2.34. The molecule has 1 aliphatic heterocycles. The van der Waals surface area contributed by atoms with Crippen molar-refractivity contribution in [3.63, 3.8) is 0 Å². The highest BCUT2D eigenvalue weighted by molar-refractivity contribution is 5.16. The van der Waals surface area contributed by atoms with Crippen molar-refractivity contribution in [1.82, 2.24) is 0 Å². The van der Waals surface area contributed by atoms with Gasteiger partial charge in [0.05, 0.1) is 13.2 Å². The van der Waals surface area contributed by atoms with Gasteiger partial charge in [0.2, 0.25) is 6.54 Å². The predicted octanol–water partition coefficient (Wildman–Crippen LogP) is 2.04. The quantitative estimate of drug-likeness (QED) is 0.589. The van der Waals surface area contributed by atoms with E-state index in [0.717, 1.165) is 5.56 Å². The number of nitrogens with zero attached hydrogens (tertiary/aromatic N) is 1. The molecule has 0 radical (unpaired) electrons. The van der Waals surface area contributed by atoms with E-state index >= 15 is 0 Å². The van der Waals surface area contributed by atoms with Crippen LogP contribution in [0.15, 0.2) is 30.3 Å². The Morgan fingerprint density at radius 2 is 1.94 bits per heavy atom. The third-order valence-corrected chi connectivity index (χ3v) is 2.50. The van der Waals surface area contributed by atoms with Crippen LogP contribution in [0.25, 0.3) is 4.85 Å². The van der Waals surface area contributed by atoms with Gasteiger partial charge in [-0.1, -0.05) is 30.3 Å². The van der Waals surface area contributed by atoms with Gasteiger partial charge in [0.25, 0.3) is 0 Å². The van der Waals surface area contributed by atoms with Crippen LogP contribution in [0.5, 0.6) is 0 Å². The van der Waals surface area contributed by atoms with Crippen LogP contribution >= 0.6 is 0 Å². The number of ether oxygens (including phenoxy) is 3. The molecule has 0 unspecified atom stereocenters. The van der Waals surface area contributed by atoms with Gasteiger partial charge < -0.3 is 19.1 Å². The molecule has 17 heavy (non-hydrogen) atoms. The third kappa shape index (κ3) is 3.53. The highest BCUT2D eigenvalue weighted by atomic mass is 16.7. The van der Waals surface area contributed by atoms with Crippen molar-refractivity contribution in [3.8, 4) is 0 Å². The first-order valence-corrected chi connectivity index (χ1v) is 5.63. The molecule has 0 bridgehead atoms. The first kappa shape index (κ1) is 12.1. The Morgan fingerprint density at radius 3 is 2.59 bits per heavy atom. The first-order chi connectivity index (χ1) is 8.40. The van der Waals surface area contributed by atoms with E-state index in [9.17, 15) is 0 Å². The van der Waals surface area contributed by atoms with Crippen molar-refractivity contribution >= 4 is 0 Å². The highest BCUT2D eigenvalue weighted by Gasteiger charge is 2.23. The fourth-order valence-electron chi connectivity index (χ4n) is 1.65. The Balaban J connectivity index is 1.77. The van der Waals surface area contributed by atoms with Crippen molar-refractivity contribution in [3.05, 3.63) is 47.3 Å². The maximum absolute atomic E-state index is 6.65. The molecule has 0 atom stereocenters. The summed E-state index contributed by atoms with van der Waals surface area (Å²) in [4.78, 5) is 3.23. The van der Waals surface area contributed by atoms with Crippen molar-refractivity contribution in [2.75, 3.05) is 26.4 Å². The molecule has 0 saturated carbocycles. The Morgan fingerprint density at radius 1 is 1.24 bits per heavy atom. The lowest BCUT2D eigenvalue weighted by Gasteiger charge is -2.29. The summed E-state index contributed by atoms with van der Waals surface area (Å²) in [6, 6.07) is 9.83. The fourth-order valence-corrected chi connectivity index (χ4v) is 1.65. The van der Waals surface area contributed by atoms with Crippen molar-refractivity contribution in [2.45, 2.75) is 12.4 Å². The summed E-state index contributed by atoms with van der Waals surface area (Å²) in [5.74, 6) is 0. The Hall–Kier alpha value is -1.41. The lowest BCUT2D eigenvalue weighted by atomic mass is 10.2.